The molecule has 0 aromatic carbocycles. The highest BCUT2D eigenvalue weighted by Gasteiger charge is 2.14. The summed E-state index contributed by atoms with van der Waals surface area (Å²) in [5, 5.41) is 4.38. The Morgan fingerprint density at radius 1 is 1.41 bits per heavy atom. The lowest BCUT2D eigenvalue weighted by Gasteiger charge is -2.03. The second kappa shape index (κ2) is 4.37. The molecule has 0 aliphatic heterocycles. The number of primary amides is 1. The van der Waals surface area contributed by atoms with Crippen molar-refractivity contribution in [1.82, 2.24) is 14.8 Å². The fourth-order valence-electron chi connectivity index (χ4n) is 1.81. The van der Waals surface area contributed by atoms with E-state index in [0.717, 1.165) is 22.8 Å². The summed E-state index contributed by atoms with van der Waals surface area (Å²) in [7, 11) is 0. The van der Waals surface area contributed by atoms with Crippen molar-refractivity contribution < 1.29 is 4.79 Å². The minimum Gasteiger partial charge on any atom is -0.369 e. The summed E-state index contributed by atoms with van der Waals surface area (Å²) in [6.45, 7) is 3.78. The Hall–Kier alpha value is -2.17. The van der Waals surface area contributed by atoms with Crippen molar-refractivity contribution in [3.63, 3.8) is 0 Å². The Labute approximate surface area is 99.3 Å². The molecule has 2 aromatic heterocycles. The molecule has 2 aromatic rings. The van der Waals surface area contributed by atoms with E-state index in [1.54, 1.807) is 10.9 Å². The van der Waals surface area contributed by atoms with E-state index in [-0.39, 0.29) is 12.3 Å². The molecular weight excluding hydrogens is 216 g/mol. The Balaban J connectivity index is 2.48. The number of aromatic nitrogens is 3. The third-order valence-electron chi connectivity index (χ3n) is 2.66. The number of carbonyl (C=O) groups is 1. The zero-order chi connectivity index (χ0) is 12.4. The van der Waals surface area contributed by atoms with Gasteiger partial charge in [-0.2, -0.15) is 5.10 Å². The van der Waals surface area contributed by atoms with Crippen molar-refractivity contribution in [2.45, 2.75) is 20.3 Å². The van der Waals surface area contributed by atoms with Crippen LogP contribution in [0.15, 0.2) is 24.4 Å². The Morgan fingerprint density at radius 2 is 2.18 bits per heavy atom. The quantitative estimate of drug-likeness (QED) is 0.851. The van der Waals surface area contributed by atoms with Crippen LogP contribution in [0.3, 0.4) is 0 Å². The largest absolute Gasteiger partial charge is 0.369 e. The van der Waals surface area contributed by atoms with E-state index in [4.69, 9.17) is 5.73 Å². The molecule has 0 unspecified atom stereocenters. The summed E-state index contributed by atoms with van der Waals surface area (Å²) in [5.41, 5.74) is 7.81. The molecule has 0 aliphatic rings. The van der Waals surface area contributed by atoms with Gasteiger partial charge in [0.25, 0.3) is 0 Å². The number of carbonyl (C=O) groups excluding carboxylic acids is 1. The van der Waals surface area contributed by atoms with Gasteiger partial charge in [0, 0.05) is 17.5 Å². The molecular formula is C12H14N4O. The molecule has 1 amide bonds. The van der Waals surface area contributed by atoms with Gasteiger partial charge in [0.1, 0.15) is 0 Å². The van der Waals surface area contributed by atoms with Crippen molar-refractivity contribution >= 4 is 5.91 Å². The number of amides is 1. The van der Waals surface area contributed by atoms with Gasteiger partial charge >= 0.3 is 0 Å². The highest BCUT2D eigenvalue weighted by molar-refractivity contribution is 5.77. The van der Waals surface area contributed by atoms with Gasteiger partial charge in [-0.25, -0.2) is 9.67 Å². The molecule has 2 rings (SSSR count). The average Bonchev–Trinajstić information content (AvgIpc) is 2.58. The highest BCUT2D eigenvalue weighted by atomic mass is 16.1. The second-order valence-corrected chi connectivity index (χ2v) is 3.89. The van der Waals surface area contributed by atoms with Crippen LogP contribution in [0.5, 0.6) is 0 Å². The molecule has 0 bridgehead atoms. The second-order valence-electron chi connectivity index (χ2n) is 3.89. The lowest BCUT2D eigenvalue weighted by Crippen LogP contribution is -2.14. The predicted molar refractivity (Wildman–Crippen MR) is 63.7 cm³/mol. The molecule has 2 N–H and O–H groups in total. The van der Waals surface area contributed by atoms with E-state index >= 15 is 0 Å². The summed E-state index contributed by atoms with van der Waals surface area (Å²) in [5.74, 6) is 0.389. The zero-order valence-electron chi connectivity index (χ0n) is 9.84. The van der Waals surface area contributed by atoms with E-state index in [2.05, 4.69) is 10.1 Å². The van der Waals surface area contributed by atoms with Gasteiger partial charge in [0.05, 0.1) is 12.1 Å². The fourth-order valence-corrected chi connectivity index (χ4v) is 1.81. The lowest BCUT2D eigenvalue weighted by atomic mass is 10.1. The molecule has 2 heterocycles. The lowest BCUT2D eigenvalue weighted by molar-refractivity contribution is -0.117. The smallest absolute Gasteiger partial charge is 0.221 e. The van der Waals surface area contributed by atoms with Crippen LogP contribution >= 0.6 is 0 Å². The maximum absolute atomic E-state index is 11.0. The van der Waals surface area contributed by atoms with Crippen LogP contribution in [0.25, 0.3) is 5.82 Å². The van der Waals surface area contributed by atoms with Crippen molar-refractivity contribution in [2.75, 3.05) is 0 Å². The van der Waals surface area contributed by atoms with Crippen LogP contribution in [0.4, 0.5) is 0 Å². The number of nitrogens with two attached hydrogens (primary N) is 1. The van der Waals surface area contributed by atoms with E-state index in [0.29, 0.717) is 0 Å². The van der Waals surface area contributed by atoms with Gasteiger partial charge in [-0.15, -0.1) is 0 Å². The number of hydrogen-bond donors (Lipinski definition) is 1. The van der Waals surface area contributed by atoms with Crippen LogP contribution in [0.2, 0.25) is 0 Å². The molecule has 0 radical (unpaired) electrons. The standard InChI is InChI=1S/C12H14N4O/c1-8-10(7-11(13)17)9(2)16(15-8)12-5-3-4-6-14-12/h3-6H,7H2,1-2H3,(H2,13,17). The van der Waals surface area contributed by atoms with Crippen molar-refractivity contribution in [1.29, 1.82) is 0 Å². The van der Waals surface area contributed by atoms with Crippen molar-refractivity contribution in [3.05, 3.63) is 41.3 Å². The summed E-state index contributed by atoms with van der Waals surface area (Å²) in [6, 6.07) is 5.61. The maximum atomic E-state index is 11.0. The predicted octanol–water partition coefficient (Wildman–Crippen LogP) is 0.912. The van der Waals surface area contributed by atoms with Gasteiger partial charge in [-0.05, 0) is 26.0 Å². The van der Waals surface area contributed by atoms with Crippen LogP contribution in [0.1, 0.15) is 17.0 Å². The highest BCUT2D eigenvalue weighted by Crippen LogP contribution is 2.16. The van der Waals surface area contributed by atoms with Crippen LogP contribution in [0, 0.1) is 13.8 Å². The number of aryl methyl sites for hydroxylation is 1. The summed E-state index contributed by atoms with van der Waals surface area (Å²) in [4.78, 5) is 15.2. The van der Waals surface area contributed by atoms with Crippen LogP contribution in [-0.4, -0.2) is 20.7 Å². The Bertz CT molecular complexity index is 545. The van der Waals surface area contributed by atoms with Gasteiger partial charge < -0.3 is 5.73 Å². The average molecular weight is 230 g/mol. The monoisotopic (exact) mass is 230 g/mol. The van der Waals surface area contributed by atoms with Gasteiger partial charge in [-0.3, -0.25) is 4.79 Å². The molecule has 0 fully saturated rings. The van der Waals surface area contributed by atoms with Gasteiger partial charge in [-0.1, -0.05) is 6.07 Å². The van der Waals surface area contributed by atoms with Crippen LogP contribution in [-0.2, 0) is 11.2 Å². The molecule has 88 valence electrons. The SMILES string of the molecule is Cc1nn(-c2ccccn2)c(C)c1CC(N)=O. The third-order valence-corrected chi connectivity index (χ3v) is 2.66. The first-order chi connectivity index (χ1) is 8.09. The molecule has 0 atom stereocenters. The molecule has 0 saturated carbocycles. The maximum Gasteiger partial charge on any atom is 0.221 e. The zero-order valence-corrected chi connectivity index (χ0v) is 9.84. The van der Waals surface area contributed by atoms with Crippen LogP contribution < -0.4 is 5.73 Å². The van der Waals surface area contributed by atoms with Crippen molar-refractivity contribution in [3.8, 4) is 5.82 Å². The van der Waals surface area contributed by atoms with E-state index < -0.39 is 0 Å². The summed E-state index contributed by atoms with van der Waals surface area (Å²) >= 11 is 0. The van der Waals surface area contributed by atoms with Gasteiger partial charge in [0.2, 0.25) is 5.91 Å². The minimum atomic E-state index is -0.350. The molecule has 0 aliphatic carbocycles. The number of pyridine rings is 1. The Kier molecular flexibility index (Phi) is 2.91. The van der Waals surface area contributed by atoms with E-state index in [1.807, 2.05) is 32.0 Å². The fraction of sp³-hybridized carbons (Fsp3) is 0.250. The minimum absolute atomic E-state index is 0.213. The number of rotatable bonds is 3. The number of nitrogens with zero attached hydrogens (tertiary/aromatic N) is 3. The van der Waals surface area contributed by atoms with E-state index in [1.165, 1.54) is 0 Å². The van der Waals surface area contributed by atoms with E-state index in [9.17, 15) is 4.79 Å². The topological polar surface area (TPSA) is 73.8 Å². The molecule has 5 nitrogen and oxygen atoms in total. The Morgan fingerprint density at radius 3 is 2.76 bits per heavy atom. The molecule has 17 heavy (non-hydrogen) atoms. The summed E-state index contributed by atoms with van der Waals surface area (Å²) < 4.78 is 1.73. The molecule has 5 heteroatoms. The first-order valence-corrected chi connectivity index (χ1v) is 5.34. The first kappa shape index (κ1) is 11.3. The normalized spacial score (nSPS) is 10.5. The molecule has 0 spiro atoms. The number of hydrogen-bond acceptors (Lipinski definition) is 3. The summed E-state index contributed by atoms with van der Waals surface area (Å²) in [6.07, 6.45) is 1.92. The van der Waals surface area contributed by atoms with Gasteiger partial charge in [0.15, 0.2) is 5.82 Å². The first-order valence-electron chi connectivity index (χ1n) is 5.34. The molecule has 0 saturated heterocycles. The third kappa shape index (κ3) is 2.18. The van der Waals surface area contributed by atoms with Crippen molar-refractivity contribution in [2.24, 2.45) is 5.73 Å².